The number of hydrogen-bond acceptors (Lipinski definition) is 0. The molecule has 0 aliphatic carbocycles. The van der Waals surface area contributed by atoms with Crippen LogP contribution >= 0.6 is 0 Å². The molecule has 0 spiro atoms. The summed E-state index contributed by atoms with van der Waals surface area (Å²) in [5, 5.41) is 0. The van der Waals surface area contributed by atoms with Crippen molar-refractivity contribution in [3.05, 3.63) is 0 Å². The third-order valence-electron chi connectivity index (χ3n) is 0. The fourth-order valence-electron chi connectivity index (χ4n) is 0. The standard InChI is InChI=1S/CH6Si.Cr.Fe.Mo.V/c1-2;;;;/h1-2H3;;;;. The zero-order chi connectivity index (χ0) is 2.00. The maximum Gasteiger partial charge on any atom is 0 e. The normalized spacial score (nSPS) is 1.50. The first-order valence-electron chi connectivity index (χ1n) is 1.00. The van der Waals surface area contributed by atoms with Crippen LogP contribution in [0.1, 0.15) is 0 Å². The first-order valence-corrected chi connectivity index (χ1v) is 3.00. The van der Waals surface area contributed by atoms with Crippen LogP contribution in [0.15, 0.2) is 0 Å². The molecule has 0 aliphatic heterocycles. The van der Waals surface area contributed by atoms with Crippen LogP contribution in [0.25, 0.3) is 0 Å². The fraction of sp³-hybridized carbons (Fsp3) is 1.00. The summed E-state index contributed by atoms with van der Waals surface area (Å²) < 4.78 is 0. The van der Waals surface area contributed by atoms with Gasteiger partial charge in [0.15, 0.2) is 0 Å². The fourth-order valence-corrected chi connectivity index (χ4v) is 0. The molecule has 0 saturated heterocycles. The smallest absolute Gasteiger partial charge is 0 e. The Bertz CT molecular complexity index is 15.5. The molecule has 0 rings (SSSR count). The molecule has 0 aromatic heterocycles. The average molecular weight is 301 g/mol. The monoisotopic (exact) mass is 303 g/mol. The van der Waals surface area contributed by atoms with Gasteiger partial charge in [-0.1, -0.05) is 6.55 Å². The van der Waals surface area contributed by atoms with E-state index in [1.54, 1.807) is 0 Å². The van der Waals surface area contributed by atoms with Crippen LogP contribution in [0.2, 0.25) is 6.55 Å². The zero-order valence-corrected chi connectivity index (χ0v) is 11.4. The zero-order valence-electron chi connectivity index (χ0n) is 3.62. The molecular weight excluding hydrogens is 295 g/mol. The molecule has 0 fully saturated rings. The Morgan fingerprint density at radius 2 is 1.17 bits per heavy atom. The summed E-state index contributed by atoms with van der Waals surface area (Å²) in [6.07, 6.45) is 0. The Balaban J connectivity index is -0.000000000833. The van der Waals surface area contributed by atoms with Crippen LogP contribution in [-0.4, -0.2) is 10.2 Å². The van der Waals surface area contributed by atoms with Crippen LogP contribution in [0, 0.1) is 0 Å². The summed E-state index contributed by atoms with van der Waals surface area (Å²) in [7, 11) is 1.31. The van der Waals surface area contributed by atoms with Gasteiger partial charge in [0.1, 0.15) is 0 Å². The van der Waals surface area contributed by atoms with Crippen LogP contribution in [0.3, 0.4) is 0 Å². The Morgan fingerprint density at radius 1 is 1.17 bits per heavy atom. The predicted molar refractivity (Wildman–Crippen MR) is 15.8 cm³/mol. The molecule has 6 heavy (non-hydrogen) atoms. The van der Waals surface area contributed by atoms with Crippen molar-refractivity contribution in [3.63, 3.8) is 0 Å². The molecule has 0 aliphatic rings. The van der Waals surface area contributed by atoms with Crippen LogP contribution in [0.5, 0.6) is 0 Å². The van der Waals surface area contributed by atoms with Gasteiger partial charge in [0.05, 0.1) is 0 Å². The maximum absolute atomic E-state index is 2.14. The van der Waals surface area contributed by atoms with Gasteiger partial charge >= 0.3 is 0 Å². The van der Waals surface area contributed by atoms with Gasteiger partial charge in [-0.3, -0.25) is 0 Å². The first-order chi connectivity index (χ1) is 1.00. The van der Waals surface area contributed by atoms with Crippen LogP contribution in [0.4, 0.5) is 0 Å². The van der Waals surface area contributed by atoms with Crippen molar-refractivity contribution >= 4 is 10.2 Å². The summed E-state index contributed by atoms with van der Waals surface area (Å²) in [4.78, 5) is 0. The third-order valence-corrected chi connectivity index (χ3v) is 0. The van der Waals surface area contributed by atoms with E-state index in [1.165, 1.54) is 10.2 Å². The van der Waals surface area contributed by atoms with E-state index in [0.29, 0.717) is 0 Å². The van der Waals surface area contributed by atoms with Crippen molar-refractivity contribution in [2.45, 2.75) is 6.55 Å². The summed E-state index contributed by atoms with van der Waals surface area (Å²) in [6.45, 7) is 2.14. The molecule has 0 aromatic rings. The molecule has 1 radical (unpaired) electrons. The molecule has 0 saturated carbocycles. The molecule has 0 amide bonds. The predicted octanol–water partition coefficient (Wildman–Crippen LogP) is -0.610. The Morgan fingerprint density at radius 3 is 1.17 bits per heavy atom. The second-order valence-corrected chi connectivity index (χ2v) is 0. The van der Waals surface area contributed by atoms with Crippen LogP contribution in [-0.2, 0) is 74.1 Å². The summed E-state index contributed by atoms with van der Waals surface area (Å²) >= 11 is 0. The SMILES string of the molecule is C[SiH3].[Cr].[Fe].[Mo].[V]. The minimum Gasteiger partial charge on any atom is -0.0777 e. The average Bonchev–Trinajstić information content (AvgIpc) is 1.00. The van der Waals surface area contributed by atoms with E-state index in [1.807, 2.05) is 0 Å². The van der Waals surface area contributed by atoms with Gasteiger partial charge in [-0.05, 0) is 10.2 Å². The second kappa shape index (κ2) is 50.0. The molecule has 0 nitrogen and oxygen atoms in total. The van der Waals surface area contributed by atoms with Crippen molar-refractivity contribution in [1.82, 2.24) is 0 Å². The van der Waals surface area contributed by atoms with E-state index in [-0.39, 0.29) is 74.1 Å². The number of rotatable bonds is 0. The van der Waals surface area contributed by atoms with Gasteiger partial charge in [-0.2, -0.15) is 0 Å². The largest absolute Gasteiger partial charge is 0.0777 e. The third kappa shape index (κ3) is 31.1. The quantitative estimate of drug-likeness (QED) is 0.524. The van der Waals surface area contributed by atoms with Gasteiger partial charge in [0.2, 0.25) is 0 Å². The molecule has 0 atom stereocenters. The van der Waals surface area contributed by atoms with E-state index in [2.05, 4.69) is 6.55 Å². The van der Waals surface area contributed by atoms with E-state index >= 15 is 0 Å². The van der Waals surface area contributed by atoms with Crippen molar-refractivity contribution in [3.8, 4) is 0 Å². The van der Waals surface area contributed by atoms with Gasteiger partial charge in [-0.15, -0.1) is 0 Å². The second-order valence-electron chi connectivity index (χ2n) is 0. The molecule has 0 aromatic carbocycles. The minimum absolute atomic E-state index is 0. The van der Waals surface area contributed by atoms with Crippen molar-refractivity contribution in [2.75, 3.05) is 0 Å². The van der Waals surface area contributed by atoms with Gasteiger partial charge in [0, 0.05) is 74.1 Å². The van der Waals surface area contributed by atoms with Crippen molar-refractivity contribution in [1.29, 1.82) is 0 Å². The Hall–Kier alpha value is 2.54. The molecule has 0 bridgehead atoms. The first kappa shape index (κ1) is 38.7. The van der Waals surface area contributed by atoms with Crippen molar-refractivity contribution in [2.24, 2.45) is 0 Å². The molecule has 0 unspecified atom stereocenters. The Labute approximate surface area is 89.8 Å². The van der Waals surface area contributed by atoms with E-state index in [4.69, 9.17) is 0 Å². The van der Waals surface area contributed by atoms with Gasteiger partial charge in [0.25, 0.3) is 0 Å². The minimum atomic E-state index is 0. The van der Waals surface area contributed by atoms with Gasteiger partial charge < -0.3 is 0 Å². The number of hydrogen-bond donors (Lipinski definition) is 0. The topological polar surface area (TPSA) is 0 Å². The van der Waals surface area contributed by atoms with E-state index < -0.39 is 0 Å². The summed E-state index contributed by atoms with van der Waals surface area (Å²) in [6, 6.07) is 0. The Kier molecular flexibility index (Phi) is 323. The van der Waals surface area contributed by atoms with Gasteiger partial charge in [-0.25, -0.2) is 0 Å². The maximum atomic E-state index is 2.14. The van der Waals surface area contributed by atoms with E-state index in [0.717, 1.165) is 0 Å². The van der Waals surface area contributed by atoms with E-state index in [9.17, 15) is 0 Å². The molecule has 0 heterocycles. The van der Waals surface area contributed by atoms with Crippen molar-refractivity contribution < 1.29 is 74.1 Å². The van der Waals surface area contributed by atoms with Crippen LogP contribution < -0.4 is 0 Å². The molecule has 5 heteroatoms. The molecule has 39 valence electrons. The summed E-state index contributed by atoms with van der Waals surface area (Å²) in [5.74, 6) is 0. The molecule has 0 N–H and O–H groups in total. The summed E-state index contributed by atoms with van der Waals surface area (Å²) in [5.41, 5.74) is 0. The molecular formula is CH6CrFeMoSiV.